The van der Waals surface area contributed by atoms with Gasteiger partial charge < -0.3 is 14.0 Å². The second-order valence-corrected chi connectivity index (χ2v) is 8.61. The van der Waals surface area contributed by atoms with Gasteiger partial charge in [0, 0.05) is 24.0 Å². The van der Waals surface area contributed by atoms with Crippen LogP contribution >= 0.6 is 11.8 Å². The minimum atomic E-state index is -0.342. The van der Waals surface area contributed by atoms with E-state index in [-0.39, 0.29) is 23.9 Å². The van der Waals surface area contributed by atoms with Gasteiger partial charge in [-0.15, -0.1) is 0 Å². The lowest BCUT2D eigenvalue weighted by molar-refractivity contribution is 0.174. The summed E-state index contributed by atoms with van der Waals surface area (Å²) in [7, 11) is 0. The lowest BCUT2D eigenvalue weighted by Crippen LogP contribution is -2.24. The second-order valence-electron chi connectivity index (χ2n) is 7.67. The normalized spacial score (nSPS) is 12.4. The summed E-state index contributed by atoms with van der Waals surface area (Å²) in [6.45, 7) is 0.414. The number of aromatic nitrogens is 5. The number of hydrogen-bond acceptors (Lipinski definition) is 9. The highest BCUT2D eigenvalue weighted by Crippen LogP contribution is 2.35. The number of pyridine rings is 1. The van der Waals surface area contributed by atoms with Gasteiger partial charge >= 0.3 is 0 Å². The highest BCUT2D eigenvalue weighted by atomic mass is 32.2. The molecular weight excluding hydrogens is 473 g/mol. The molecule has 0 radical (unpaired) electrons. The molecule has 35 heavy (non-hydrogen) atoms. The quantitative estimate of drug-likeness (QED) is 0.258. The smallest absolute Gasteiger partial charge is 0.262 e. The molecule has 0 saturated heterocycles. The van der Waals surface area contributed by atoms with E-state index in [1.807, 2.05) is 12.1 Å². The lowest BCUT2D eigenvalue weighted by atomic mass is 10.2. The van der Waals surface area contributed by atoms with Crippen LogP contribution in [-0.4, -0.2) is 31.5 Å². The molecule has 0 spiro atoms. The van der Waals surface area contributed by atoms with Crippen molar-refractivity contribution in [2.24, 2.45) is 0 Å². The van der Waals surface area contributed by atoms with Crippen LogP contribution in [0.3, 0.4) is 0 Å². The maximum absolute atomic E-state index is 13.5. The Hall–Kier alpha value is -4.25. The van der Waals surface area contributed by atoms with E-state index < -0.39 is 0 Å². The van der Waals surface area contributed by atoms with Gasteiger partial charge in [-0.1, -0.05) is 16.9 Å². The van der Waals surface area contributed by atoms with E-state index in [2.05, 4.69) is 15.1 Å². The van der Waals surface area contributed by atoms with Gasteiger partial charge in [-0.2, -0.15) is 4.98 Å². The maximum atomic E-state index is 13.5. The van der Waals surface area contributed by atoms with Gasteiger partial charge in [0.05, 0.1) is 23.2 Å². The highest BCUT2D eigenvalue weighted by molar-refractivity contribution is 7.98. The van der Waals surface area contributed by atoms with E-state index >= 15 is 0 Å². The van der Waals surface area contributed by atoms with Crippen molar-refractivity contribution in [1.29, 1.82) is 0 Å². The number of halogens is 1. The second kappa shape index (κ2) is 8.84. The molecule has 0 aliphatic carbocycles. The van der Waals surface area contributed by atoms with Gasteiger partial charge in [-0.05, 0) is 48.0 Å². The fourth-order valence-electron chi connectivity index (χ4n) is 3.67. The molecule has 4 heterocycles. The third-order valence-corrected chi connectivity index (χ3v) is 6.36. The van der Waals surface area contributed by atoms with Gasteiger partial charge in [0.1, 0.15) is 5.82 Å². The van der Waals surface area contributed by atoms with Crippen molar-refractivity contribution in [3.8, 4) is 22.9 Å². The minimum absolute atomic E-state index is 0.103. The van der Waals surface area contributed by atoms with Crippen LogP contribution in [0.2, 0.25) is 0 Å². The molecule has 1 aliphatic rings. The van der Waals surface area contributed by atoms with E-state index in [0.29, 0.717) is 51.4 Å². The van der Waals surface area contributed by atoms with E-state index in [9.17, 15) is 9.18 Å². The first kappa shape index (κ1) is 21.3. The number of nitrogens with zero attached hydrogens (tertiary/aromatic N) is 5. The van der Waals surface area contributed by atoms with Crippen LogP contribution in [0.25, 0.3) is 22.3 Å². The van der Waals surface area contributed by atoms with Crippen LogP contribution in [0, 0.1) is 5.82 Å². The Morgan fingerprint density at radius 2 is 1.77 bits per heavy atom. The summed E-state index contributed by atoms with van der Waals surface area (Å²) in [6, 6.07) is 12.9. The molecular formula is C24H16FN5O4S. The third-order valence-electron chi connectivity index (χ3n) is 5.40. The van der Waals surface area contributed by atoms with Crippen molar-refractivity contribution >= 4 is 22.7 Å². The molecule has 3 aromatic heterocycles. The standard InChI is InChI=1S/C24H16FN5O4S/c25-16-3-1-15(2-4-16)22-28-21(34-29-22)12-35-24-27-18-10-20-19(32-13-33-20)9-17(18)23(31)30(24)11-14-5-7-26-8-6-14/h1-10H,11-13H2. The Bertz CT molecular complexity index is 1590. The van der Waals surface area contributed by atoms with Gasteiger partial charge in [-0.3, -0.25) is 14.3 Å². The van der Waals surface area contributed by atoms with Crippen molar-refractivity contribution in [3.63, 3.8) is 0 Å². The molecule has 0 unspecified atom stereocenters. The molecule has 0 fully saturated rings. The summed E-state index contributed by atoms with van der Waals surface area (Å²) in [5.74, 6) is 1.72. The van der Waals surface area contributed by atoms with Crippen LogP contribution in [0.15, 0.2) is 75.4 Å². The summed E-state index contributed by atoms with van der Waals surface area (Å²) in [4.78, 5) is 26.7. The number of thioether (sulfide) groups is 1. The molecule has 0 atom stereocenters. The number of rotatable bonds is 6. The molecule has 11 heteroatoms. The molecule has 0 saturated carbocycles. The van der Waals surface area contributed by atoms with E-state index in [4.69, 9.17) is 19.0 Å². The fourth-order valence-corrected chi connectivity index (χ4v) is 4.50. The minimum Gasteiger partial charge on any atom is -0.454 e. The number of fused-ring (bicyclic) bond motifs is 2. The van der Waals surface area contributed by atoms with Gasteiger partial charge in [0.15, 0.2) is 16.7 Å². The Kier molecular flexibility index (Phi) is 5.38. The van der Waals surface area contributed by atoms with Crippen LogP contribution in [0.5, 0.6) is 11.5 Å². The van der Waals surface area contributed by atoms with Crippen molar-refractivity contribution in [3.05, 3.63) is 88.5 Å². The molecule has 2 aromatic carbocycles. The molecule has 1 aliphatic heterocycles. The van der Waals surface area contributed by atoms with Crippen molar-refractivity contribution in [1.82, 2.24) is 24.7 Å². The Labute approximate surface area is 201 Å². The number of benzene rings is 2. The first-order chi connectivity index (χ1) is 17.1. The predicted molar refractivity (Wildman–Crippen MR) is 125 cm³/mol. The van der Waals surface area contributed by atoms with Crippen LogP contribution in [0.1, 0.15) is 11.5 Å². The van der Waals surface area contributed by atoms with Gasteiger partial charge in [0.25, 0.3) is 5.56 Å². The van der Waals surface area contributed by atoms with E-state index in [1.165, 1.54) is 23.9 Å². The molecule has 9 nitrogen and oxygen atoms in total. The molecule has 0 bridgehead atoms. The van der Waals surface area contributed by atoms with Crippen LogP contribution in [0.4, 0.5) is 4.39 Å². The molecule has 0 amide bonds. The average molecular weight is 489 g/mol. The number of hydrogen-bond donors (Lipinski definition) is 0. The Morgan fingerprint density at radius 3 is 2.57 bits per heavy atom. The van der Waals surface area contributed by atoms with Gasteiger partial charge in [-0.25, -0.2) is 9.37 Å². The SMILES string of the molecule is O=c1c2cc3c(cc2nc(SCc2nc(-c4ccc(F)cc4)no2)n1Cc1ccncc1)OCO3. The van der Waals surface area contributed by atoms with E-state index in [0.717, 1.165) is 5.56 Å². The highest BCUT2D eigenvalue weighted by Gasteiger charge is 2.20. The fraction of sp³-hybridized carbons (Fsp3) is 0.125. The summed E-state index contributed by atoms with van der Waals surface area (Å²) in [6.07, 6.45) is 3.35. The Morgan fingerprint density at radius 1 is 1.00 bits per heavy atom. The largest absolute Gasteiger partial charge is 0.454 e. The molecule has 5 aromatic rings. The topological polar surface area (TPSA) is 105 Å². The summed E-state index contributed by atoms with van der Waals surface area (Å²) >= 11 is 1.30. The maximum Gasteiger partial charge on any atom is 0.262 e. The molecule has 0 N–H and O–H groups in total. The average Bonchev–Trinajstić information content (AvgIpc) is 3.54. The van der Waals surface area contributed by atoms with E-state index in [1.54, 1.807) is 41.2 Å². The molecule has 6 rings (SSSR count). The van der Waals surface area contributed by atoms with Crippen molar-refractivity contribution in [2.45, 2.75) is 17.5 Å². The van der Waals surface area contributed by atoms with Crippen molar-refractivity contribution < 1.29 is 18.4 Å². The lowest BCUT2D eigenvalue weighted by Gasteiger charge is -2.13. The zero-order valence-corrected chi connectivity index (χ0v) is 18.9. The molecule has 174 valence electrons. The van der Waals surface area contributed by atoms with Crippen LogP contribution < -0.4 is 15.0 Å². The zero-order valence-electron chi connectivity index (χ0n) is 18.1. The van der Waals surface area contributed by atoms with Gasteiger partial charge in [0.2, 0.25) is 18.5 Å². The first-order valence-corrected chi connectivity index (χ1v) is 11.6. The van der Waals surface area contributed by atoms with Crippen molar-refractivity contribution in [2.75, 3.05) is 6.79 Å². The summed E-state index contributed by atoms with van der Waals surface area (Å²) < 4.78 is 31.1. The predicted octanol–water partition coefficient (Wildman–Crippen LogP) is 4.05. The first-order valence-electron chi connectivity index (χ1n) is 10.6. The summed E-state index contributed by atoms with van der Waals surface area (Å²) in [5, 5.41) is 4.90. The summed E-state index contributed by atoms with van der Waals surface area (Å²) in [5.41, 5.74) is 1.85. The number of ether oxygens (including phenoxy) is 2. The third kappa shape index (κ3) is 4.21. The zero-order chi connectivity index (χ0) is 23.8. The Balaban J connectivity index is 1.35. The monoisotopic (exact) mass is 489 g/mol. The van der Waals surface area contributed by atoms with Crippen LogP contribution in [-0.2, 0) is 12.3 Å².